The summed E-state index contributed by atoms with van der Waals surface area (Å²) >= 11 is 0. The van der Waals surface area contributed by atoms with Crippen molar-refractivity contribution >= 4 is 0 Å². The molecule has 0 spiro atoms. The third kappa shape index (κ3) is 3.41. The van der Waals surface area contributed by atoms with E-state index in [-0.39, 0.29) is 5.41 Å². The molecule has 3 nitrogen and oxygen atoms in total. The van der Waals surface area contributed by atoms with Gasteiger partial charge < -0.3 is 15.3 Å². The maximum atomic E-state index is 11.6. The van der Waals surface area contributed by atoms with Gasteiger partial charge >= 0.3 is 0 Å². The third-order valence-electron chi connectivity index (χ3n) is 11.0. The first kappa shape index (κ1) is 23.1. The number of fused-ring (bicyclic) bond motifs is 5. The molecule has 0 heterocycles. The van der Waals surface area contributed by atoms with Gasteiger partial charge in [0.15, 0.2) is 0 Å². The molecule has 4 fully saturated rings. The molecule has 4 aliphatic carbocycles. The van der Waals surface area contributed by atoms with E-state index < -0.39 is 17.8 Å². The monoisotopic (exact) mass is 420 g/mol. The van der Waals surface area contributed by atoms with Crippen LogP contribution in [-0.2, 0) is 0 Å². The summed E-state index contributed by atoms with van der Waals surface area (Å²) < 4.78 is 0. The van der Waals surface area contributed by atoms with E-state index in [2.05, 4.69) is 34.6 Å². The molecule has 0 aromatic rings. The number of hydrogen-bond donors (Lipinski definition) is 3. The molecule has 10 atom stereocenters. The van der Waals surface area contributed by atoms with E-state index in [1.165, 1.54) is 44.9 Å². The summed E-state index contributed by atoms with van der Waals surface area (Å²) in [6.07, 6.45) is 10.7. The van der Waals surface area contributed by atoms with Gasteiger partial charge in [-0.15, -0.1) is 0 Å². The first-order valence-corrected chi connectivity index (χ1v) is 13.1. The van der Waals surface area contributed by atoms with E-state index in [4.69, 9.17) is 0 Å². The third-order valence-corrected chi connectivity index (χ3v) is 11.0. The van der Waals surface area contributed by atoms with Gasteiger partial charge in [0, 0.05) is 11.8 Å². The lowest BCUT2D eigenvalue weighted by Crippen LogP contribution is -2.68. The van der Waals surface area contributed by atoms with E-state index in [0.717, 1.165) is 37.0 Å². The van der Waals surface area contributed by atoms with Crippen LogP contribution in [0.15, 0.2) is 0 Å². The molecular weight excluding hydrogens is 372 g/mol. The van der Waals surface area contributed by atoms with Gasteiger partial charge in [-0.25, -0.2) is 0 Å². The Morgan fingerprint density at radius 3 is 2.33 bits per heavy atom. The average Bonchev–Trinajstić information content (AvgIpc) is 3.01. The summed E-state index contributed by atoms with van der Waals surface area (Å²) in [7, 11) is 0. The highest BCUT2D eigenvalue weighted by atomic mass is 16.3. The van der Waals surface area contributed by atoms with Gasteiger partial charge in [0.2, 0.25) is 0 Å². The van der Waals surface area contributed by atoms with E-state index in [1.807, 2.05) is 0 Å². The fraction of sp³-hybridized carbons (Fsp3) is 1.00. The van der Waals surface area contributed by atoms with Crippen LogP contribution >= 0.6 is 0 Å². The second kappa shape index (κ2) is 8.03. The van der Waals surface area contributed by atoms with Crippen molar-refractivity contribution < 1.29 is 15.3 Å². The Morgan fingerprint density at radius 2 is 1.63 bits per heavy atom. The van der Waals surface area contributed by atoms with Crippen LogP contribution in [0.5, 0.6) is 0 Å². The lowest BCUT2D eigenvalue weighted by Gasteiger charge is -2.65. The summed E-state index contributed by atoms with van der Waals surface area (Å²) in [5.74, 6) is 4.13. The lowest BCUT2D eigenvalue weighted by molar-refractivity contribution is -0.264. The van der Waals surface area contributed by atoms with Crippen molar-refractivity contribution in [3.05, 3.63) is 0 Å². The maximum Gasteiger partial charge on any atom is 0.0985 e. The fourth-order valence-electron chi connectivity index (χ4n) is 9.29. The molecule has 0 amide bonds. The molecule has 0 aromatic carbocycles. The van der Waals surface area contributed by atoms with Gasteiger partial charge in [-0.2, -0.15) is 0 Å². The molecule has 30 heavy (non-hydrogen) atoms. The largest absolute Gasteiger partial charge is 0.393 e. The molecule has 3 heteroatoms. The molecule has 0 aromatic heterocycles. The van der Waals surface area contributed by atoms with Gasteiger partial charge in [-0.05, 0) is 85.9 Å². The lowest BCUT2D eigenvalue weighted by atomic mass is 9.42. The van der Waals surface area contributed by atoms with Gasteiger partial charge in [0.25, 0.3) is 0 Å². The van der Waals surface area contributed by atoms with Crippen LogP contribution in [0, 0.1) is 46.3 Å². The molecule has 174 valence electrons. The zero-order valence-corrected chi connectivity index (χ0v) is 20.2. The Hall–Kier alpha value is -0.120. The van der Waals surface area contributed by atoms with Gasteiger partial charge in [-0.1, -0.05) is 53.9 Å². The minimum absolute atomic E-state index is 0.253. The van der Waals surface area contributed by atoms with Crippen LogP contribution < -0.4 is 0 Å². The summed E-state index contributed by atoms with van der Waals surface area (Å²) in [6, 6.07) is 0. The van der Waals surface area contributed by atoms with Crippen molar-refractivity contribution in [2.45, 2.75) is 123 Å². The highest BCUT2D eigenvalue weighted by Crippen LogP contribution is 2.69. The van der Waals surface area contributed by atoms with Crippen molar-refractivity contribution in [1.29, 1.82) is 0 Å². The van der Waals surface area contributed by atoms with Gasteiger partial charge in [0.1, 0.15) is 0 Å². The standard InChI is InChI=1S/C27H48O3/c1-17(2)7-6-8-18(3)21-9-10-22-20-15-24(29)27(30)16-19(28)11-14-26(27,5)23(20)12-13-25(21,22)4/h17-24,28-30H,6-16H2,1-5H3/t18-,19-,20+,21-,22+,23+,24+,25+,26+,27-/m0/s1. The average molecular weight is 421 g/mol. The molecule has 0 bridgehead atoms. The molecule has 4 aliphatic rings. The Kier molecular flexibility index (Phi) is 6.17. The predicted molar refractivity (Wildman–Crippen MR) is 122 cm³/mol. The minimum Gasteiger partial charge on any atom is -0.393 e. The van der Waals surface area contributed by atoms with Crippen molar-refractivity contribution in [3.63, 3.8) is 0 Å². The van der Waals surface area contributed by atoms with E-state index in [1.54, 1.807) is 0 Å². The van der Waals surface area contributed by atoms with Crippen molar-refractivity contribution in [3.8, 4) is 0 Å². The highest BCUT2D eigenvalue weighted by molar-refractivity contribution is 5.17. The van der Waals surface area contributed by atoms with E-state index in [9.17, 15) is 15.3 Å². The second-order valence-electron chi connectivity index (χ2n) is 12.9. The summed E-state index contributed by atoms with van der Waals surface area (Å²) in [5.41, 5.74) is -0.962. The van der Waals surface area contributed by atoms with Gasteiger partial charge in [-0.3, -0.25) is 0 Å². The quantitative estimate of drug-likeness (QED) is 0.546. The summed E-state index contributed by atoms with van der Waals surface area (Å²) in [5, 5.41) is 33.0. The predicted octanol–water partition coefficient (Wildman–Crippen LogP) is 5.55. The van der Waals surface area contributed by atoms with E-state index >= 15 is 0 Å². The zero-order valence-electron chi connectivity index (χ0n) is 20.2. The number of rotatable bonds is 5. The number of aliphatic hydroxyl groups excluding tert-OH is 2. The minimum atomic E-state index is -1.11. The molecule has 3 N–H and O–H groups in total. The molecule has 4 saturated carbocycles. The van der Waals surface area contributed by atoms with Crippen LogP contribution in [0.3, 0.4) is 0 Å². The highest BCUT2D eigenvalue weighted by Gasteiger charge is 2.67. The molecule has 0 radical (unpaired) electrons. The van der Waals surface area contributed by atoms with Crippen LogP contribution in [0.25, 0.3) is 0 Å². The first-order chi connectivity index (χ1) is 14.0. The van der Waals surface area contributed by atoms with Crippen LogP contribution in [0.4, 0.5) is 0 Å². The first-order valence-electron chi connectivity index (χ1n) is 13.1. The van der Waals surface area contributed by atoms with Crippen LogP contribution in [0.1, 0.15) is 105 Å². The SMILES string of the molecule is CC(C)CCC[C@H](C)[C@@H]1CC[C@@H]2[C@H]3C[C@@H](O)[C@@]4(O)C[C@@H](O)CC[C@]4(C)[C@@H]3CC[C@@]21C. The van der Waals surface area contributed by atoms with Crippen molar-refractivity contribution in [2.75, 3.05) is 0 Å². The summed E-state index contributed by atoms with van der Waals surface area (Å²) in [4.78, 5) is 0. The molecule has 0 saturated heterocycles. The van der Waals surface area contributed by atoms with Crippen molar-refractivity contribution in [1.82, 2.24) is 0 Å². The molecule has 4 rings (SSSR count). The van der Waals surface area contributed by atoms with Gasteiger partial charge in [0.05, 0.1) is 17.8 Å². The molecule has 0 unspecified atom stereocenters. The Bertz CT molecular complexity index is 619. The smallest absolute Gasteiger partial charge is 0.0985 e. The Morgan fingerprint density at radius 1 is 0.900 bits per heavy atom. The number of hydrogen-bond acceptors (Lipinski definition) is 3. The molecule has 0 aliphatic heterocycles. The summed E-state index contributed by atoms with van der Waals surface area (Å²) in [6.45, 7) is 12.0. The van der Waals surface area contributed by atoms with Crippen LogP contribution in [0.2, 0.25) is 0 Å². The Labute approximate surface area is 185 Å². The van der Waals surface area contributed by atoms with Crippen molar-refractivity contribution in [2.24, 2.45) is 46.3 Å². The fourth-order valence-corrected chi connectivity index (χ4v) is 9.29. The van der Waals surface area contributed by atoms with E-state index in [0.29, 0.717) is 29.6 Å². The second-order valence-corrected chi connectivity index (χ2v) is 12.9. The normalized spacial score (nSPS) is 51.9. The topological polar surface area (TPSA) is 60.7 Å². The number of aliphatic hydroxyl groups is 3. The maximum absolute atomic E-state index is 11.6. The Balaban J connectivity index is 1.53. The molecular formula is C27H48O3. The zero-order chi connectivity index (χ0) is 21.9. The van der Waals surface area contributed by atoms with Crippen LogP contribution in [-0.4, -0.2) is 33.1 Å².